The molecule has 0 unspecified atom stereocenters. The molecule has 0 fully saturated rings. The predicted molar refractivity (Wildman–Crippen MR) is 146 cm³/mol. The maximum atomic E-state index is 11.8. The maximum absolute atomic E-state index is 11.8. The lowest BCUT2D eigenvalue weighted by molar-refractivity contribution is 0.0698. The first-order valence-electron chi connectivity index (χ1n) is 11.1. The quantitative estimate of drug-likeness (QED) is 0.148. The van der Waals surface area contributed by atoms with Crippen LogP contribution in [0.1, 0.15) is 21.9 Å². The minimum atomic E-state index is -1.15. The molecule has 0 spiro atoms. The summed E-state index contributed by atoms with van der Waals surface area (Å²) in [5.41, 5.74) is 1.38. The molecule has 2 aromatic carbocycles. The summed E-state index contributed by atoms with van der Waals surface area (Å²) in [6, 6.07) is 13.2. The highest BCUT2D eigenvalue weighted by Crippen LogP contribution is 2.34. The van der Waals surface area contributed by atoms with Crippen LogP contribution in [0.15, 0.2) is 52.9 Å². The molecule has 0 aliphatic heterocycles. The Hall–Kier alpha value is -3.50. The summed E-state index contributed by atoms with van der Waals surface area (Å²) < 4.78 is 5.97. The highest BCUT2D eigenvalue weighted by molar-refractivity contribution is 6.35. The molecule has 2 heterocycles. The normalized spacial score (nSPS) is 10.8. The Morgan fingerprint density at radius 1 is 0.973 bits per heavy atom. The van der Waals surface area contributed by atoms with E-state index in [0.29, 0.717) is 61.0 Å². The molecule has 0 saturated heterocycles. The number of benzene rings is 2. The number of aryl methyl sites for hydroxylation is 1. The number of aliphatic hydroxyl groups excluding tert-OH is 1. The number of aliphatic hydroxyl groups is 1. The Balaban J connectivity index is 1.66. The van der Waals surface area contributed by atoms with Crippen molar-refractivity contribution >= 4 is 63.8 Å². The van der Waals surface area contributed by atoms with Crippen molar-refractivity contribution in [3.8, 4) is 11.3 Å². The fraction of sp³-hybridized carbons (Fsp3) is 0.160. The SMILES string of the molecule is Cc1nc(NCCO)c(NCc2ccc(-c3cc(Cl)ccc3Cl)o2)c(Nc2ccc(Cl)cc2C(=O)O)n1. The van der Waals surface area contributed by atoms with Crippen LogP contribution in [0.25, 0.3) is 11.3 Å². The number of hydrogen-bond acceptors (Lipinski definition) is 8. The molecule has 0 amide bonds. The summed E-state index contributed by atoms with van der Waals surface area (Å²) in [4.78, 5) is 20.7. The largest absolute Gasteiger partial charge is 0.478 e. The Morgan fingerprint density at radius 2 is 1.70 bits per heavy atom. The molecule has 9 nitrogen and oxygen atoms in total. The van der Waals surface area contributed by atoms with E-state index in [1.54, 1.807) is 49.4 Å². The van der Waals surface area contributed by atoms with E-state index in [9.17, 15) is 15.0 Å². The number of furan rings is 1. The second kappa shape index (κ2) is 11.7. The zero-order valence-corrected chi connectivity index (χ0v) is 21.7. The molecule has 12 heteroatoms. The monoisotopic (exact) mass is 561 g/mol. The van der Waals surface area contributed by atoms with Crippen LogP contribution in [0, 0.1) is 6.92 Å². The van der Waals surface area contributed by atoms with Crippen molar-refractivity contribution in [2.75, 3.05) is 29.1 Å². The molecule has 0 radical (unpaired) electrons. The third-order valence-corrected chi connectivity index (χ3v) is 5.98. The Labute approximate surface area is 227 Å². The molecule has 0 saturated carbocycles. The van der Waals surface area contributed by atoms with Gasteiger partial charge in [0.2, 0.25) is 0 Å². The molecule has 0 aliphatic rings. The zero-order chi connectivity index (χ0) is 26.5. The minimum Gasteiger partial charge on any atom is -0.478 e. The van der Waals surface area contributed by atoms with Crippen LogP contribution in [0.5, 0.6) is 0 Å². The van der Waals surface area contributed by atoms with Crippen molar-refractivity contribution in [1.82, 2.24) is 9.97 Å². The van der Waals surface area contributed by atoms with Gasteiger partial charge in [0.05, 0.1) is 29.4 Å². The van der Waals surface area contributed by atoms with E-state index >= 15 is 0 Å². The number of aromatic carboxylic acids is 1. The number of halogens is 3. The standard InChI is InChI=1S/C25H22Cl3N5O4/c1-13-31-23(29-8-9-34)22(24(32-13)33-20-6-3-15(27)11-18(20)25(35)36)30-12-16-4-7-21(37-16)17-10-14(26)2-5-19(17)28/h2-7,10-11,30,34H,8-9,12H2,1H3,(H,35,36)(H2,29,31,32,33). The van der Waals surface area contributed by atoms with E-state index in [2.05, 4.69) is 25.9 Å². The molecule has 0 bridgehead atoms. The fourth-order valence-electron chi connectivity index (χ4n) is 3.54. The van der Waals surface area contributed by atoms with Gasteiger partial charge in [-0.15, -0.1) is 0 Å². The van der Waals surface area contributed by atoms with Gasteiger partial charge in [0.25, 0.3) is 0 Å². The van der Waals surface area contributed by atoms with E-state index in [-0.39, 0.29) is 25.3 Å². The van der Waals surface area contributed by atoms with Crippen molar-refractivity contribution in [2.45, 2.75) is 13.5 Å². The summed E-state index contributed by atoms with van der Waals surface area (Å²) in [6.07, 6.45) is 0. The van der Waals surface area contributed by atoms with E-state index < -0.39 is 5.97 Å². The number of carboxylic acids is 1. The van der Waals surface area contributed by atoms with Gasteiger partial charge in [-0.05, 0) is 55.5 Å². The van der Waals surface area contributed by atoms with Gasteiger partial charge in [-0.1, -0.05) is 34.8 Å². The number of carboxylic acid groups (broad SMARTS) is 1. The molecular formula is C25H22Cl3N5O4. The van der Waals surface area contributed by atoms with Crippen LogP contribution in [0.4, 0.5) is 23.0 Å². The Kier molecular flexibility index (Phi) is 8.40. The summed E-state index contributed by atoms with van der Waals surface area (Å²) in [5.74, 6) is 1.15. The van der Waals surface area contributed by atoms with Crippen LogP contribution in [0.3, 0.4) is 0 Å². The number of rotatable bonds is 10. The van der Waals surface area contributed by atoms with E-state index in [4.69, 9.17) is 39.2 Å². The van der Waals surface area contributed by atoms with Crippen molar-refractivity contribution in [3.63, 3.8) is 0 Å². The van der Waals surface area contributed by atoms with Crippen molar-refractivity contribution in [2.24, 2.45) is 0 Å². The molecule has 5 N–H and O–H groups in total. The van der Waals surface area contributed by atoms with Gasteiger partial charge in [-0.2, -0.15) is 0 Å². The molecule has 4 aromatic rings. The summed E-state index contributed by atoms with van der Waals surface area (Å²) >= 11 is 18.4. The zero-order valence-electron chi connectivity index (χ0n) is 19.5. The minimum absolute atomic E-state index is 0.0198. The van der Waals surface area contributed by atoms with Gasteiger partial charge in [0.15, 0.2) is 11.6 Å². The van der Waals surface area contributed by atoms with Crippen LogP contribution < -0.4 is 16.0 Å². The van der Waals surface area contributed by atoms with Crippen molar-refractivity contribution in [3.05, 3.63) is 80.7 Å². The highest BCUT2D eigenvalue weighted by atomic mass is 35.5. The average Bonchev–Trinajstić information content (AvgIpc) is 3.33. The number of nitrogens with one attached hydrogen (secondary N) is 3. The molecule has 192 valence electrons. The van der Waals surface area contributed by atoms with Gasteiger partial charge in [-0.25, -0.2) is 14.8 Å². The van der Waals surface area contributed by atoms with Crippen LogP contribution in [-0.4, -0.2) is 39.3 Å². The summed E-state index contributed by atoms with van der Waals surface area (Å²) in [7, 11) is 0. The van der Waals surface area contributed by atoms with Crippen LogP contribution in [0.2, 0.25) is 15.1 Å². The second-order valence-corrected chi connectivity index (χ2v) is 9.14. The smallest absolute Gasteiger partial charge is 0.337 e. The van der Waals surface area contributed by atoms with Crippen LogP contribution >= 0.6 is 34.8 Å². The molecule has 0 aliphatic carbocycles. The summed E-state index contributed by atoms with van der Waals surface area (Å²) in [6.45, 7) is 2.06. The second-order valence-electron chi connectivity index (χ2n) is 7.86. The third kappa shape index (κ3) is 6.44. The molecule has 0 atom stereocenters. The number of anilines is 4. The van der Waals surface area contributed by atoms with Gasteiger partial charge in [0, 0.05) is 22.2 Å². The van der Waals surface area contributed by atoms with Gasteiger partial charge in [0.1, 0.15) is 23.0 Å². The first-order valence-corrected chi connectivity index (χ1v) is 12.2. The topological polar surface area (TPSA) is 133 Å². The first kappa shape index (κ1) is 26.6. The fourth-order valence-corrected chi connectivity index (χ4v) is 4.10. The molecular weight excluding hydrogens is 541 g/mol. The average molecular weight is 563 g/mol. The predicted octanol–water partition coefficient (Wildman–Crippen LogP) is 6.46. The highest BCUT2D eigenvalue weighted by Gasteiger charge is 2.18. The number of hydrogen-bond donors (Lipinski definition) is 5. The lowest BCUT2D eigenvalue weighted by Gasteiger charge is -2.18. The van der Waals surface area contributed by atoms with E-state index in [1.807, 2.05) is 0 Å². The van der Waals surface area contributed by atoms with Crippen molar-refractivity contribution < 1.29 is 19.4 Å². The maximum Gasteiger partial charge on any atom is 0.337 e. The third-order valence-electron chi connectivity index (χ3n) is 5.19. The van der Waals surface area contributed by atoms with Gasteiger partial charge < -0.3 is 30.6 Å². The van der Waals surface area contributed by atoms with Crippen LogP contribution in [-0.2, 0) is 6.54 Å². The molecule has 37 heavy (non-hydrogen) atoms. The van der Waals surface area contributed by atoms with E-state index in [1.165, 1.54) is 6.07 Å². The molecule has 4 rings (SSSR count). The van der Waals surface area contributed by atoms with Crippen molar-refractivity contribution in [1.29, 1.82) is 0 Å². The van der Waals surface area contributed by atoms with E-state index in [0.717, 1.165) is 0 Å². The first-order chi connectivity index (χ1) is 17.7. The number of nitrogens with zero attached hydrogens (tertiary/aromatic N) is 2. The number of aromatic nitrogens is 2. The Morgan fingerprint density at radius 3 is 2.46 bits per heavy atom. The lowest BCUT2D eigenvalue weighted by atomic mass is 10.1. The number of carbonyl (C=O) groups is 1. The lowest BCUT2D eigenvalue weighted by Crippen LogP contribution is -2.14. The Bertz CT molecular complexity index is 1440. The van der Waals surface area contributed by atoms with Gasteiger partial charge in [-0.3, -0.25) is 0 Å². The molecule has 2 aromatic heterocycles. The summed E-state index contributed by atoms with van der Waals surface area (Å²) in [5, 5.41) is 29.7. The van der Waals surface area contributed by atoms with Gasteiger partial charge >= 0.3 is 5.97 Å².